The second-order valence-corrected chi connectivity index (χ2v) is 11.9. The molecule has 6 nitrogen and oxygen atoms in total. The SMILES string of the molecule is O=C(O)CC1CCCC[C@H]1N1C[C@H](CN2CCC(Oc3ccc4ncccc4c3)CC2)[C@@H](c2ccccc2)C1. The van der Waals surface area contributed by atoms with Gasteiger partial charge in [0, 0.05) is 62.7 Å². The number of pyridine rings is 1. The molecule has 2 saturated heterocycles. The Hall–Kier alpha value is -2.96. The lowest BCUT2D eigenvalue weighted by molar-refractivity contribution is -0.139. The average molecular weight is 528 g/mol. The lowest BCUT2D eigenvalue weighted by Gasteiger charge is -2.38. The summed E-state index contributed by atoms with van der Waals surface area (Å²) >= 11 is 0. The van der Waals surface area contributed by atoms with Crippen molar-refractivity contribution in [2.75, 3.05) is 32.7 Å². The van der Waals surface area contributed by atoms with E-state index >= 15 is 0 Å². The summed E-state index contributed by atoms with van der Waals surface area (Å²) in [7, 11) is 0. The molecule has 6 heteroatoms. The quantitative estimate of drug-likeness (QED) is 0.398. The first kappa shape index (κ1) is 26.3. The molecule has 6 rings (SSSR count). The molecule has 3 fully saturated rings. The summed E-state index contributed by atoms with van der Waals surface area (Å²) in [6, 6.07) is 21.7. The molecule has 2 aromatic carbocycles. The molecule has 206 valence electrons. The molecule has 3 aliphatic rings. The van der Waals surface area contributed by atoms with Gasteiger partial charge in [-0.05, 0) is 67.3 Å². The highest BCUT2D eigenvalue weighted by atomic mass is 16.5. The number of benzene rings is 2. The Bertz CT molecular complexity index is 1240. The van der Waals surface area contributed by atoms with Crippen molar-refractivity contribution in [3.05, 3.63) is 72.4 Å². The molecule has 2 aliphatic heterocycles. The Morgan fingerprint density at radius 2 is 1.74 bits per heavy atom. The standard InChI is InChI=1S/C33H41N3O3/c37-33(38)20-26-9-4-5-11-32(26)36-22-27(30(23-36)24-7-2-1-3-8-24)21-35-17-14-28(15-18-35)39-29-12-13-31-25(19-29)10-6-16-34-31/h1-3,6-8,10,12-13,16,19,26-28,30,32H,4-5,9,11,14-15,17-18,20-23H2,(H,37,38)/t26?,27-,30+,32+/m0/s1. The summed E-state index contributed by atoms with van der Waals surface area (Å²) in [5.41, 5.74) is 2.43. The third kappa shape index (κ3) is 6.28. The first-order valence-electron chi connectivity index (χ1n) is 14.9. The van der Waals surface area contributed by atoms with E-state index in [1.807, 2.05) is 24.4 Å². The Labute approximate surface area is 232 Å². The maximum absolute atomic E-state index is 11.6. The van der Waals surface area contributed by atoms with E-state index in [-0.39, 0.29) is 12.0 Å². The molecule has 0 radical (unpaired) electrons. The molecule has 3 heterocycles. The zero-order valence-corrected chi connectivity index (χ0v) is 22.8. The topological polar surface area (TPSA) is 65.9 Å². The van der Waals surface area contributed by atoms with Gasteiger partial charge in [-0.3, -0.25) is 14.7 Å². The first-order chi connectivity index (χ1) is 19.1. The molecule has 0 amide bonds. The first-order valence-corrected chi connectivity index (χ1v) is 14.9. The third-order valence-electron chi connectivity index (χ3n) is 9.38. The van der Waals surface area contributed by atoms with Crippen LogP contribution < -0.4 is 4.74 Å². The van der Waals surface area contributed by atoms with Crippen molar-refractivity contribution in [1.82, 2.24) is 14.8 Å². The number of carboxylic acid groups (broad SMARTS) is 1. The Morgan fingerprint density at radius 3 is 2.56 bits per heavy atom. The minimum absolute atomic E-state index is 0.249. The monoisotopic (exact) mass is 527 g/mol. The van der Waals surface area contributed by atoms with E-state index in [4.69, 9.17) is 4.74 Å². The van der Waals surface area contributed by atoms with E-state index < -0.39 is 5.97 Å². The molecule has 1 saturated carbocycles. The van der Waals surface area contributed by atoms with Crippen molar-refractivity contribution in [3.8, 4) is 5.75 Å². The number of nitrogens with zero attached hydrogens (tertiary/aromatic N) is 3. The van der Waals surface area contributed by atoms with E-state index in [0.29, 0.717) is 24.3 Å². The minimum Gasteiger partial charge on any atom is -0.490 e. The van der Waals surface area contributed by atoms with E-state index in [0.717, 1.165) is 75.1 Å². The lowest BCUT2D eigenvalue weighted by Crippen LogP contribution is -2.43. The number of ether oxygens (including phenoxy) is 1. The fourth-order valence-corrected chi connectivity index (χ4v) is 7.43. The second kappa shape index (κ2) is 12.1. The Morgan fingerprint density at radius 1 is 0.923 bits per heavy atom. The van der Waals surface area contributed by atoms with Gasteiger partial charge in [-0.1, -0.05) is 49.2 Å². The van der Waals surface area contributed by atoms with Crippen LogP contribution in [-0.4, -0.2) is 70.7 Å². The van der Waals surface area contributed by atoms with Crippen molar-refractivity contribution in [2.24, 2.45) is 11.8 Å². The van der Waals surface area contributed by atoms with Crippen LogP contribution in [0.3, 0.4) is 0 Å². The highest BCUT2D eigenvalue weighted by molar-refractivity contribution is 5.79. The molecule has 3 aromatic rings. The summed E-state index contributed by atoms with van der Waals surface area (Å²) < 4.78 is 6.40. The molecule has 1 N–H and O–H groups in total. The second-order valence-electron chi connectivity index (χ2n) is 11.9. The number of fused-ring (bicyclic) bond motifs is 1. The predicted octanol–water partition coefficient (Wildman–Crippen LogP) is 5.83. The zero-order chi connectivity index (χ0) is 26.6. The Balaban J connectivity index is 1.09. The fourth-order valence-electron chi connectivity index (χ4n) is 7.43. The Kier molecular flexibility index (Phi) is 8.12. The highest BCUT2D eigenvalue weighted by Gasteiger charge is 2.41. The summed E-state index contributed by atoms with van der Waals surface area (Å²) in [5.74, 6) is 1.63. The van der Waals surface area contributed by atoms with Crippen LogP contribution in [0.25, 0.3) is 10.9 Å². The van der Waals surface area contributed by atoms with Gasteiger partial charge in [0.2, 0.25) is 0 Å². The number of aromatic nitrogens is 1. The van der Waals surface area contributed by atoms with Crippen LogP contribution in [0.1, 0.15) is 56.4 Å². The number of hydrogen-bond acceptors (Lipinski definition) is 5. The maximum Gasteiger partial charge on any atom is 0.303 e. The van der Waals surface area contributed by atoms with E-state index in [1.54, 1.807) is 0 Å². The van der Waals surface area contributed by atoms with Crippen LogP contribution in [0, 0.1) is 11.8 Å². The zero-order valence-electron chi connectivity index (χ0n) is 22.8. The summed E-state index contributed by atoms with van der Waals surface area (Å²) in [6.45, 7) is 5.33. The predicted molar refractivity (Wildman–Crippen MR) is 154 cm³/mol. The minimum atomic E-state index is -0.646. The number of rotatable bonds is 8. The van der Waals surface area contributed by atoms with Gasteiger partial charge in [-0.2, -0.15) is 0 Å². The number of hydrogen-bond donors (Lipinski definition) is 1. The van der Waals surface area contributed by atoms with Crippen LogP contribution >= 0.6 is 0 Å². The average Bonchev–Trinajstić information content (AvgIpc) is 3.38. The van der Waals surface area contributed by atoms with Crippen LogP contribution in [0.5, 0.6) is 5.75 Å². The van der Waals surface area contributed by atoms with Gasteiger partial charge >= 0.3 is 5.97 Å². The number of aliphatic carboxylic acids is 1. The molecule has 1 unspecified atom stereocenters. The molecule has 39 heavy (non-hydrogen) atoms. The summed E-state index contributed by atoms with van der Waals surface area (Å²) in [5, 5.41) is 10.7. The fraction of sp³-hybridized carbons (Fsp3) is 0.515. The van der Waals surface area contributed by atoms with E-state index in [2.05, 4.69) is 57.2 Å². The smallest absolute Gasteiger partial charge is 0.303 e. The molecule has 0 spiro atoms. The normalized spacial score (nSPS) is 27.1. The number of likely N-dealkylation sites (tertiary alicyclic amines) is 2. The van der Waals surface area contributed by atoms with E-state index in [9.17, 15) is 9.90 Å². The van der Waals surface area contributed by atoms with Crippen molar-refractivity contribution < 1.29 is 14.6 Å². The molecule has 1 aromatic heterocycles. The third-order valence-corrected chi connectivity index (χ3v) is 9.38. The van der Waals surface area contributed by atoms with Gasteiger partial charge in [0.1, 0.15) is 11.9 Å². The lowest BCUT2D eigenvalue weighted by atomic mass is 9.81. The molecule has 0 bridgehead atoms. The number of carbonyl (C=O) groups is 1. The highest BCUT2D eigenvalue weighted by Crippen LogP contribution is 2.40. The number of piperidine rings is 1. The van der Waals surface area contributed by atoms with Crippen LogP contribution in [0.2, 0.25) is 0 Å². The van der Waals surface area contributed by atoms with Crippen molar-refractivity contribution >= 4 is 16.9 Å². The summed E-state index contributed by atoms with van der Waals surface area (Å²) in [6.07, 6.45) is 9.05. The van der Waals surface area contributed by atoms with Gasteiger partial charge in [-0.25, -0.2) is 0 Å². The largest absolute Gasteiger partial charge is 0.490 e. The van der Waals surface area contributed by atoms with Crippen LogP contribution in [0.15, 0.2) is 66.9 Å². The van der Waals surface area contributed by atoms with Crippen molar-refractivity contribution in [1.29, 1.82) is 0 Å². The van der Waals surface area contributed by atoms with Crippen LogP contribution in [-0.2, 0) is 4.79 Å². The molecule has 1 aliphatic carbocycles. The van der Waals surface area contributed by atoms with Gasteiger partial charge in [0.15, 0.2) is 0 Å². The molecular formula is C33H41N3O3. The molecule has 4 atom stereocenters. The van der Waals surface area contributed by atoms with Crippen molar-refractivity contribution in [2.45, 2.75) is 63.0 Å². The van der Waals surface area contributed by atoms with Gasteiger partial charge in [-0.15, -0.1) is 0 Å². The van der Waals surface area contributed by atoms with Gasteiger partial charge in [0.25, 0.3) is 0 Å². The summed E-state index contributed by atoms with van der Waals surface area (Å²) in [4.78, 5) is 21.3. The number of carboxylic acids is 1. The maximum atomic E-state index is 11.6. The van der Waals surface area contributed by atoms with Crippen LogP contribution in [0.4, 0.5) is 0 Å². The van der Waals surface area contributed by atoms with Gasteiger partial charge < -0.3 is 14.7 Å². The van der Waals surface area contributed by atoms with Gasteiger partial charge in [0.05, 0.1) is 5.52 Å². The van der Waals surface area contributed by atoms with Crippen molar-refractivity contribution in [3.63, 3.8) is 0 Å². The van der Waals surface area contributed by atoms with E-state index in [1.165, 1.54) is 18.4 Å². The molecular weight excluding hydrogens is 486 g/mol.